The second-order valence-corrected chi connectivity index (χ2v) is 6.08. The molecule has 0 aliphatic carbocycles. The summed E-state index contributed by atoms with van der Waals surface area (Å²) in [5.41, 5.74) is 1.02. The Morgan fingerprint density at radius 2 is 1.78 bits per heavy atom. The Labute approximate surface area is 136 Å². The molecule has 0 spiro atoms. The van der Waals surface area contributed by atoms with Gasteiger partial charge in [0.25, 0.3) is 0 Å². The Balaban J connectivity index is 2.23. The van der Waals surface area contributed by atoms with Crippen LogP contribution in [-0.4, -0.2) is 25.0 Å². The van der Waals surface area contributed by atoms with E-state index in [0.29, 0.717) is 12.8 Å². The average molecular weight is 313 g/mol. The number of hydrogen-bond donors (Lipinski definition) is 1. The number of esters is 1. The molecule has 0 aliphatic rings. The first-order valence-electron chi connectivity index (χ1n) is 7.85. The van der Waals surface area contributed by atoms with Crippen molar-refractivity contribution >= 4 is 22.6 Å². The second kappa shape index (κ2) is 7.77. The zero-order chi connectivity index (χ0) is 16.8. The molecule has 4 nitrogen and oxygen atoms in total. The number of fused-ring (bicyclic) bond motifs is 1. The first-order chi connectivity index (χ1) is 11.0. The molecule has 0 saturated carbocycles. The van der Waals surface area contributed by atoms with Crippen LogP contribution in [-0.2, 0) is 20.7 Å². The normalized spacial score (nSPS) is 12.2. The van der Waals surface area contributed by atoms with Crippen LogP contribution in [0.5, 0.6) is 0 Å². The molecule has 2 aromatic carbocycles. The van der Waals surface area contributed by atoms with Gasteiger partial charge < -0.3 is 10.1 Å². The molecule has 122 valence electrons. The molecule has 2 rings (SSSR count). The number of carbonyl (C=O) groups excluding carboxylic acids is 2. The van der Waals surface area contributed by atoms with Crippen molar-refractivity contribution in [3.05, 3.63) is 48.0 Å². The van der Waals surface area contributed by atoms with Crippen molar-refractivity contribution in [3.8, 4) is 0 Å². The predicted octanol–water partition coefficient (Wildman–Crippen LogP) is 3.09. The van der Waals surface area contributed by atoms with Crippen LogP contribution < -0.4 is 5.32 Å². The Bertz CT molecular complexity index is 689. The monoisotopic (exact) mass is 313 g/mol. The Hall–Kier alpha value is -2.36. The van der Waals surface area contributed by atoms with Crippen LogP contribution in [0.4, 0.5) is 0 Å². The smallest absolute Gasteiger partial charge is 0.328 e. The van der Waals surface area contributed by atoms with Crippen molar-refractivity contribution in [3.63, 3.8) is 0 Å². The van der Waals surface area contributed by atoms with Gasteiger partial charge in [-0.05, 0) is 22.3 Å². The lowest BCUT2D eigenvalue weighted by Gasteiger charge is -2.18. The molecule has 0 aromatic heterocycles. The summed E-state index contributed by atoms with van der Waals surface area (Å²) in [6.07, 6.45) is 0.806. The molecule has 1 atom stereocenters. The van der Waals surface area contributed by atoms with Gasteiger partial charge in [0.15, 0.2) is 0 Å². The summed E-state index contributed by atoms with van der Waals surface area (Å²) in [7, 11) is 1.34. The van der Waals surface area contributed by atoms with E-state index < -0.39 is 12.0 Å². The van der Waals surface area contributed by atoms with Crippen LogP contribution in [0.15, 0.2) is 42.5 Å². The minimum atomic E-state index is -0.669. The maximum Gasteiger partial charge on any atom is 0.328 e. The molecule has 0 unspecified atom stereocenters. The zero-order valence-electron chi connectivity index (χ0n) is 13.8. The fraction of sp³-hybridized carbons (Fsp3) is 0.368. The van der Waals surface area contributed by atoms with E-state index in [1.54, 1.807) is 0 Å². The third kappa shape index (κ3) is 4.55. The lowest BCUT2D eigenvalue weighted by atomic mass is 9.98. The van der Waals surface area contributed by atoms with E-state index in [0.717, 1.165) is 16.3 Å². The second-order valence-electron chi connectivity index (χ2n) is 6.08. The van der Waals surface area contributed by atoms with Gasteiger partial charge in [-0.2, -0.15) is 0 Å². The van der Waals surface area contributed by atoms with Crippen molar-refractivity contribution in [2.24, 2.45) is 5.92 Å². The number of amides is 1. The van der Waals surface area contributed by atoms with Gasteiger partial charge >= 0.3 is 5.97 Å². The molecule has 2 aromatic rings. The highest BCUT2D eigenvalue weighted by atomic mass is 16.5. The summed E-state index contributed by atoms with van der Waals surface area (Å²) in [5, 5.41) is 5.00. The van der Waals surface area contributed by atoms with Crippen molar-refractivity contribution in [2.75, 3.05) is 7.11 Å². The molecule has 1 amide bonds. The van der Waals surface area contributed by atoms with Gasteiger partial charge in [0.1, 0.15) is 6.04 Å². The van der Waals surface area contributed by atoms with Crippen LogP contribution in [0.3, 0.4) is 0 Å². The Kier molecular flexibility index (Phi) is 5.74. The standard InChI is InChI=1S/C19H23NO3/c1-13(2)11-18(21)20-17(19(22)23-3)12-15-9-6-8-14-7-4-5-10-16(14)15/h4-10,13,17H,11-12H2,1-3H3,(H,20,21)/t17-/m0/s1. The van der Waals surface area contributed by atoms with Crippen LogP contribution in [0.25, 0.3) is 10.8 Å². The molecule has 0 heterocycles. The molecule has 0 saturated heterocycles. The van der Waals surface area contributed by atoms with Gasteiger partial charge in [-0.3, -0.25) is 4.79 Å². The topological polar surface area (TPSA) is 55.4 Å². The molecule has 0 aliphatic heterocycles. The fourth-order valence-electron chi connectivity index (χ4n) is 2.65. The molecule has 23 heavy (non-hydrogen) atoms. The lowest BCUT2D eigenvalue weighted by Crippen LogP contribution is -2.43. The van der Waals surface area contributed by atoms with Gasteiger partial charge in [0.05, 0.1) is 7.11 Å². The van der Waals surface area contributed by atoms with E-state index >= 15 is 0 Å². The zero-order valence-corrected chi connectivity index (χ0v) is 13.8. The molecular weight excluding hydrogens is 290 g/mol. The van der Waals surface area contributed by atoms with Gasteiger partial charge in [0, 0.05) is 12.8 Å². The number of hydrogen-bond acceptors (Lipinski definition) is 3. The van der Waals surface area contributed by atoms with Crippen molar-refractivity contribution in [1.29, 1.82) is 0 Å². The largest absolute Gasteiger partial charge is 0.467 e. The number of nitrogens with one attached hydrogen (secondary N) is 1. The SMILES string of the molecule is COC(=O)[C@H](Cc1cccc2ccccc12)NC(=O)CC(C)C. The highest BCUT2D eigenvalue weighted by Gasteiger charge is 2.23. The highest BCUT2D eigenvalue weighted by molar-refractivity contribution is 5.88. The summed E-state index contributed by atoms with van der Waals surface area (Å²) in [6.45, 7) is 3.94. The summed E-state index contributed by atoms with van der Waals surface area (Å²) >= 11 is 0. The minimum absolute atomic E-state index is 0.129. The third-order valence-corrected chi connectivity index (χ3v) is 3.72. The molecular formula is C19H23NO3. The van der Waals surface area contributed by atoms with E-state index in [-0.39, 0.29) is 11.8 Å². The van der Waals surface area contributed by atoms with Gasteiger partial charge in [-0.25, -0.2) is 4.79 Å². The van der Waals surface area contributed by atoms with Gasteiger partial charge in [0.2, 0.25) is 5.91 Å². The predicted molar refractivity (Wildman–Crippen MR) is 91.1 cm³/mol. The maximum absolute atomic E-state index is 12.0. The molecule has 0 bridgehead atoms. The summed E-state index contributed by atoms with van der Waals surface area (Å²) in [5.74, 6) is -0.309. The van der Waals surface area contributed by atoms with Gasteiger partial charge in [-0.15, -0.1) is 0 Å². The summed E-state index contributed by atoms with van der Waals surface area (Å²) in [4.78, 5) is 24.1. The first-order valence-corrected chi connectivity index (χ1v) is 7.85. The molecule has 0 fully saturated rings. The van der Waals surface area contributed by atoms with Crippen LogP contribution in [0, 0.1) is 5.92 Å². The van der Waals surface area contributed by atoms with Crippen LogP contribution >= 0.6 is 0 Å². The summed E-state index contributed by atoms with van der Waals surface area (Å²) in [6, 6.07) is 13.3. The van der Waals surface area contributed by atoms with Crippen molar-refractivity contribution in [2.45, 2.75) is 32.7 Å². The average Bonchev–Trinajstić information content (AvgIpc) is 2.53. The number of rotatable bonds is 6. The van der Waals surface area contributed by atoms with Crippen LogP contribution in [0.2, 0.25) is 0 Å². The van der Waals surface area contributed by atoms with Crippen LogP contribution in [0.1, 0.15) is 25.8 Å². The third-order valence-electron chi connectivity index (χ3n) is 3.72. The number of methoxy groups -OCH3 is 1. The lowest BCUT2D eigenvalue weighted by molar-refractivity contribution is -0.145. The van der Waals surface area contributed by atoms with Gasteiger partial charge in [-0.1, -0.05) is 56.3 Å². The van der Waals surface area contributed by atoms with E-state index in [2.05, 4.69) is 5.32 Å². The minimum Gasteiger partial charge on any atom is -0.467 e. The van der Waals surface area contributed by atoms with Crippen molar-refractivity contribution < 1.29 is 14.3 Å². The Morgan fingerprint density at radius 3 is 2.48 bits per heavy atom. The summed E-state index contributed by atoms with van der Waals surface area (Å²) < 4.78 is 4.85. The maximum atomic E-state index is 12.0. The molecule has 1 N–H and O–H groups in total. The fourth-order valence-corrected chi connectivity index (χ4v) is 2.65. The Morgan fingerprint density at radius 1 is 1.09 bits per heavy atom. The van der Waals surface area contributed by atoms with E-state index in [4.69, 9.17) is 4.74 Å². The molecule has 4 heteroatoms. The van der Waals surface area contributed by atoms with E-state index in [9.17, 15) is 9.59 Å². The number of carbonyl (C=O) groups is 2. The van der Waals surface area contributed by atoms with E-state index in [1.165, 1.54) is 7.11 Å². The number of benzene rings is 2. The van der Waals surface area contributed by atoms with Crippen molar-refractivity contribution in [1.82, 2.24) is 5.32 Å². The van der Waals surface area contributed by atoms with E-state index in [1.807, 2.05) is 56.3 Å². The number of ether oxygens (including phenoxy) is 1. The molecule has 0 radical (unpaired) electrons. The quantitative estimate of drug-likeness (QED) is 0.834. The first kappa shape index (κ1) is 17.0. The highest BCUT2D eigenvalue weighted by Crippen LogP contribution is 2.20.